The zero-order chi connectivity index (χ0) is 14.3. The van der Waals surface area contributed by atoms with Gasteiger partial charge in [0, 0.05) is 5.69 Å². The molecule has 0 aliphatic carbocycles. The number of ether oxygens (including phenoxy) is 1. The van der Waals surface area contributed by atoms with Crippen molar-refractivity contribution in [3.05, 3.63) is 59.4 Å². The van der Waals surface area contributed by atoms with Crippen molar-refractivity contribution < 1.29 is 13.9 Å². The van der Waals surface area contributed by atoms with E-state index in [4.69, 9.17) is 4.74 Å². The molecule has 2 aromatic carbocycles. The summed E-state index contributed by atoms with van der Waals surface area (Å²) in [4.78, 5) is 12.4. The molecule has 0 spiro atoms. The van der Waals surface area contributed by atoms with Crippen molar-refractivity contribution in [3.63, 3.8) is 0 Å². The highest BCUT2D eigenvalue weighted by molar-refractivity contribution is 6.08. The van der Waals surface area contributed by atoms with Gasteiger partial charge in [-0.1, -0.05) is 12.1 Å². The predicted molar refractivity (Wildman–Crippen MR) is 74.5 cm³/mol. The second kappa shape index (κ2) is 4.34. The van der Waals surface area contributed by atoms with Crippen LogP contribution in [0.25, 0.3) is 0 Å². The minimum absolute atomic E-state index is 0.118. The average molecular weight is 271 g/mol. The number of nitrogens with one attached hydrogen (secondary N) is 1. The van der Waals surface area contributed by atoms with Gasteiger partial charge in [-0.05, 0) is 48.4 Å². The molecular formula is C16H14FNO2. The summed E-state index contributed by atoms with van der Waals surface area (Å²) >= 11 is 0. The molecule has 1 heterocycles. The molecule has 0 radical (unpaired) electrons. The summed E-state index contributed by atoms with van der Waals surface area (Å²) < 4.78 is 18.3. The van der Waals surface area contributed by atoms with E-state index in [9.17, 15) is 9.18 Å². The molecule has 1 amide bonds. The van der Waals surface area contributed by atoms with Gasteiger partial charge in [-0.15, -0.1) is 0 Å². The zero-order valence-corrected chi connectivity index (χ0v) is 11.2. The fourth-order valence-corrected chi connectivity index (χ4v) is 2.61. The minimum atomic E-state index is -0.836. The molecule has 0 saturated heterocycles. The Labute approximate surface area is 116 Å². The number of anilines is 1. The molecule has 1 aliphatic heterocycles. The fraction of sp³-hybridized carbons (Fsp3) is 0.188. The Morgan fingerprint density at radius 3 is 2.50 bits per heavy atom. The number of amides is 1. The second-order valence-corrected chi connectivity index (χ2v) is 5.00. The number of benzene rings is 2. The maximum atomic E-state index is 13.1. The summed E-state index contributed by atoms with van der Waals surface area (Å²) in [7, 11) is 1.58. The lowest BCUT2D eigenvalue weighted by atomic mass is 9.77. The highest BCUT2D eigenvalue weighted by atomic mass is 19.1. The van der Waals surface area contributed by atoms with Gasteiger partial charge in [0.1, 0.15) is 11.6 Å². The van der Waals surface area contributed by atoms with Crippen LogP contribution in [-0.4, -0.2) is 13.0 Å². The van der Waals surface area contributed by atoms with E-state index in [1.54, 1.807) is 25.3 Å². The number of carbonyl (C=O) groups is 1. The first-order chi connectivity index (χ1) is 9.55. The van der Waals surface area contributed by atoms with Gasteiger partial charge in [0.25, 0.3) is 0 Å². The molecule has 1 aliphatic rings. The van der Waals surface area contributed by atoms with Gasteiger partial charge in [0.15, 0.2) is 0 Å². The predicted octanol–water partition coefficient (Wildman–Crippen LogP) is 3.09. The van der Waals surface area contributed by atoms with E-state index in [1.165, 1.54) is 12.1 Å². The Kier molecular flexibility index (Phi) is 2.74. The third kappa shape index (κ3) is 1.68. The monoisotopic (exact) mass is 271 g/mol. The quantitative estimate of drug-likeness (QED) is 0.911. The number of rotatable bonds is 2. The SMILES string of the molecule is COc1ccc2c(c1)C(C)(c1ccc(F)cc1)C(=O)N2. The first kappa shape index (κ1) is 12.7. The summed E-state index contributed by atoms with van der Waals surface area (Å²) in [6.07, 6.45) is 0. The van der Waals surface area contributed by atoms with E-state index < -0.39 is 5.41 Å². The number of fused-ring (bicyclic) bond motifs is 1. The molecular weight excluding hydrogens is 257 g/mol. The Morgan fingerprint density at radius 1 is 1.15 bits per heavy atom. The summed E-state index contributed by atoms with van der Waals surface area (Å²) in [6, 6.07) is 11.5. The number of methoxy groups -OCH3 is 1. The molecule has 0 bridgehead atoms. The van der Waals surface area contributed by atoms with Crippen molar-refractivity contribution >= 4 is 11.6 Å². The van der Waals surface area contributed by atoms with Crippen LogP contribution >= 0.6 is 0 Å². The van der Waals surface area contributed by atoms with Crippen LogP contribution in [0.2, 0.25) is 0 Å². The van der Waals surface area contributed by atoms with E-state index >= 15 is 0 Å². The van der Waals surface area contributed by atoms with Crippen molar-refractivity contribution in [1.82, 2.24) is 0 Å². The Morgan fingerprint density at radius 2 is 1.85 bits per heavy atom. The molecule has 0 fully saturated rings. The standard InChI is InChI=1S/C16H14FNO2/c1-16(10-3-5-11(17)6-4-10)13-9-12(20-2)7-8-14(13)18-15(16)19/h3-9H,1-2H3,(H,18,19). The highest BCUT2D eigenvalue weighted by Gasteiger charge is 2.44. The van der Waals surface area contributed by atoms with Crippen molar-refractivity contribution in [2.45, 2.75) is 12.3 Å². The Hall–Kier alpha value is -2.36. The van der Waals surface area contributed by atoms with Crippen LogP contribution in [0.15, 0.2) is 42.5 Å². The van der Waals surface area contributed by atoms with Gasteiger partial charge in [-0.2, -0.15) is 0 Å². The highest BCUT2D eigenvalue weighted by Crippen LogP contribution is 2.43. The van der Waals surface area contributed by atoms with Gasteiger partial charge >= 0.3 is 0 Å². The molecule has 1 unspecified atom stereocenters. The molecule has 4 heteroatoms. The van der Waals surface area contributed by atoms with Crippen molar-refractivity contribution in [1.29, 1.82) is 0 Å². The van der Waals surface area contributed by atoms with Crippen LogP contribution in [-0.2, 0) is 10.2 Å². The topological polar surface area (TPSA) is 38.3 Å². The first-order valence-electron chi connectivity index (χ1n) is 6.31. The molecule has 20 heavy (non-hydrogen) atoms. The van der Waals surface area contributed by atoms with Gasteiger partial charge in [0.2, 0.25) is 5.91 Å². The Bertz CT molecular complexity index is 681. The largest absolute Gasteiger partial charge is 0.497 e. The van der Waals surface area contributed by atoms with Crippen LogP contribution in [0.5, 0.6) is 5.75 Å². The van der Waals surface area contributed by atoms with E-state index in [2.05, 4.69) is 5.32 Å². The van der Waals surface area contributed by atoms with Crippen LogP contribution in [0.3, 0.4) is 0 Å². The van der Waals surface area contributed by atoms with Crippen molar-refractivity contribution in [2.24, 2.45) is 0 Å². The number of carbonyl (C=O) groups excluding carboxylic acids is 1. The summed E-state index contributed by atoms with van der Waals surface area (Å²) in [5.74, 6) is 0.252. The lowest BCUT2D eigenvalue weighted by Crippen LogP contribution is -2.32. The van der Waals surface area contributed by atoms with Crippen LogP contribution in [0, 0.1) is 5.82 Å². The molecule has 0 aromatic heterocycles. The summed E-state index contributed by atoms with van der Waals surface area (Å²) in [6.45, 7) is 1.83. The van der Waals surface area contributed by atoms with E-state index in [1.807, 2.05) is 19.1 Å². The lowest BCUT2D eigenvalue weighted by Gasteiger charge is -2.23. The third-order valence-electron chi connectivity index (χ3n) is 3.89. The molecule has 3 nitrogen and oxygen atoms in total. The minimum Gasteiger partial charge on any atom is -0.497 e. The first-order valence-corrected chi connectivity index (χ1v) is 6.31. The molecule has 3 rings (SSSR count). The van der Waals surface area contributed by atoms with E-state index in [0.717, 1.165) is 16.8 Å². The summed E-state index contributed by atoms with van der Waals surface area (Å²) in [5.41, 5.74) is 1.52. The maximum Gasteiger partial charge on any atom is 0.239 e. The van der Waals surface area contributed by atoms with Crippen LogP contribution < -0.4 is 10.1 Å². The fourth-order valence-electron chi connectivity index (χ4n) is 2.61. The van der Waals surface area contributed by atoms with Crippen LogP contribution in [0.1, 0.15) is 18.1 Å². The normalized spacial score (nSPS) is 20.4. The van der Waals surface area contributed by atoms with Gasteiger partial charge < -0.3 is 10.1 Å². The number of halogens is 1. The van der Waals surface area contributed by atoms with Gasteiger partial charge in [0.05, 0.1) is 12.5 Å². The van der Waals surface area contributed by atoms with E-state index in [0.29, 0.717) is 5.75 Å². The molecule has 2 aromatic rings. The number of hydrogen-bond acceptors (Lipinski definition) is 2. The average Bonchev–Trinajstić information content (AvgIpc) is 2.72. The second-order valence-electron chi connectivity index (χ2n) is 5.00. The van der Waals surface area contributed by atoms with E-state index in [-0.39, 0.29) is 11.7 Å². The zero-order valence-electron chi connectivity index (χ0n) is 11.2. The maximum absolute atomic E-state index is 13.1. The number of hydrogen-bond donors (Lipinski definition) is 1. The molecule has 0 saturated carbocycles. The van der Waals surface area contributed by atoms with Gasteiger partial charge in [-0.25, -0.2) is 4.39 Å². The third-order valence-corrected chi connectivity index (χ3v) is 3.89. The van der Waals surface area contributed by atoms with Crippen LogP contribution in [0.4, 0.5) is 10.1 Å². The van der Waals surface area contributed by atoms with Crippen molar-refractivity contribution in [3.8, 4) is 5.75 Å². The Balaban J connectivity index is 2.19. The molecule has 1 atom stereocenters. The van der Waals surface area contributed by atoms with Gasteiger partial charge in [-0.3, -0.25) is 4.79 Å². The molecule has 1 N–H and O–H groups in total. The lowest BCUT2D eigenvalue weighted by molar-refractivity contribution is -0.119. The smallest absolute Gasteiger partial charge is 0.239 e. The molecule has 102 valence electrons. The van der Waals surface area contributed by atoms with Crippen molar-refractivity contribution in [2.75, 3.05) is 12.4 Å². The summed E-state index contributed by atoms with van der Waals surface area (Å²) in [5, 5.41) is 2.86.